The molecule has 1 aliphatic rings. The first-order valence-corrected chi connectivity index (χ1v) is 15.8. The largest absolute Gasteiger partial charge is 1.00 e. The number of nitrogens with zero attached hydrogens (tertiary/aromatic N) is 5. The number of fused-ring (bicyclic) bond motifs is 2. The van der Waals surface area contributed by atoms with Crippen LogP contribution in [0.1, 0.15) is 52.6 Å². The number of aromatic nitrogens is 5. The quantitative estimate of drug-likeness (QED) is 0.211. The summed E-state index contributed by atoms with van der Waals surface area (Å²) in [7, 11) is 0. The van der Waals surface area contributed by atoms with Crippen LogP contribution < -0.4 is 55.4 Å². The number of benzene rings is 2. The summed E-state index contributed by atoms with van der Waals surface area (Å²) < 4.78 is 48.2. The Labute approximate surface area is 313 Å². The van der Waals surface area contributed by atoms with E-state index < -0.39 is 52.1 Å². The van der Waals surface area contributed by atoms with E-state index >= 15 is 0 Å². The van der Waals surface area contributed by atoms with Crippen molar-refractivity contribution in [3.63, 3.8) is 0 Å². The Kier molecular flexibility index (Phi) is 11.8. The first-order chi connectivity index (χ1) is 24.1. The number of rotatable bonds is 6. The maximum absolute atomic E-state index is 14.4. The van der Waals surface area contributed by atoms with Gasteiger partial charge in [-0.2, -0.15) is 0 Å². The van der Waals surface area contributed by atoms with Crippen molar-refractivity contribution in [1.29, 1.82) is 0 Å². The minimum absolute atomic E-state index is 0. The fourth-order valence-electron chi connectivity index (χ4n) is 6.28. The number of amides is 1. The smallest absolute Gasteiger partial charge is 0.544 e. The normalized spacial score (nSPS) is 15.5. The van der Waals surface area contributed by atoms with Crippen molar-refractivity contribution < 1.29 is 73.7 Å². The van der Waals surface area contributed by atoms with Gasteiger partial charge in [-0.1, -0.05) is 30.3 Å². The van der Waals surface area contributed by atoms with Crippen molar-refractivity contribution >= 4 is 28.6 Å². The summed E-state index contributed by atoms with van der Waals surface area (Å²) in [6, 6.07) is 16.1. The van der Waals surface area contributed by atoms with Gasteiger partial charge in [0.2, 0.25) is 0 Å². The predicted molar refractivity (Wildman–Crippen MR) is 168 cm³/mol. The molecule has 0 unspecified atom stereocenters. The van der Waals surface area contributed by atoms with E-state index in [1.165, 1.54) is 39.6 Å². The van der Waals surface area contributed by atoms with E-state index in [1.54, 1.807) is 42.5 Å². The Hall–Kier alpha value is -4.77. The maximum Gasteiger partial charge on any atom is 1.00 e. The number of hydrogen-bond donors (Lipinski definition) is 2. The number of aromatic carboxylic acids is 1. The molecular weight excluding hydrogens is 701 g/mol. The topological polar surface area (TPSA) is 187 Å². The van der Waals surface area contributed by atoms with E-state index in [9.17, 15) is 33.1 Å². The van der Waals surface area contributed by atoms with Crippen molar-refractivity contribution in [3.8, 4) is 16.8 Å². The van der Waals surface area contributed by atoms with Crippen LogP contribution in [0.4, 0.5) is 8.78 Å². The summed E-state index contributed by atoms with van der Waals surface area (Å²) >= 11 is -0.417. The molecule has 0 saturated heterocycles. The SMILES string of the molecule is O=C(NC1CCC(n2c(=O)c3cc(F)cnc3n(-c3cccc(-c4ccccc4C(=O)O)c3)c2=O)CC1)c1cn2cc(F)ccc2n1.[Na+].[O-][Cl+][O-]. The molecule has 1 fully saturated rings. The molecule has 1 aliphatic carbocycles. The summed E-state index contributed by atoms with van der Waals surface area (Å²) in [4.78, 5) is 61.1. The van der Waals surface area contributed by atoms with Crippen molar-refractivity contribution in [3.05, 3.63) is 129 Å². The molecule has 13 nitrogen and oxygen atoms in total. The maximum atomic E-state index is 14.4. The molecule has 0 spiro atoms. The number of carboxylic acid groups (broad SMARTS) is 1. The van der Waals surface area contributed by atoms with Crippen molar-refractivity contribution in [2.75, 3.05) is 0 Å². The van der Waals surface area contributed by atoms with Crippen LogP contribution in [-0.4, -0.2) is 46.5 Å². The van der Waals surface area contributed by atoms with Crippen molar-refractivity contribution in [1.82, 2.24) is 28.8 Å². The van der Waals surface area contributed by atoms with E-state index in [-0.39, 0.29) is 57.9 Å². The van der Waals surface area contributed by atoms with Crippen molar-refractivity contribution in [2.24, 2.45) is 0 Å². The van der Waals surface area contributed by atoms with E-state index in [0.717, 1.165) is 16.8 Å². The van der Waals surface area contributed by atoms with Crippen LogP contribution in [-0.2, 0) is 0 Å². The number of imidazole rings is 1. The molecule has 256 valence electrons. The third kappa shape index (κ3) is 7.78. The zero-order chi connectivity index (χ0) is 35.5. The average molecular weight is 727 g/mol. The molecule has 0 radical (unpaired) electrons. The number of pyridine rings is 2. The van der Waals surface area contributed by atoms with Gasteiger partial charge in [0.05, 0.1) is 34.2 Å². The van der Waals surface area contributed by atoms with Gasteiger partial charge in [-0.05, 0) is 73.2 Å². The van der Waals surface area contributed by atoms with Gasteiger partial charge in [0.25, 0.3) is 11.5 Å². The molecule has 51 heavy (non-hydrogen) atoms. The van der Waals surface area contributed by atoms with Crippen LogP contribution in [0.2, 0.25) is 0 Å². The van der Waals surface area contributed by atoms with Crippen LogP contribution >= 0.6 is 0 Å². The van der Waals surface area contributed by atoms with Gasteiger partial charge in [-0.3, -0.25) is 14.2 Å². The molecule has 0 atom stereocenters. The fraction of sp³-hybridized carbons (Fsp3) is 0.176. The van der Waals surface area contributed by atoms with E-state index in [2.05, 4.69) is 15.3 Å². The molecule has 17 heteroatoms. The first kappa shape index (κ1) is 37.5. The fourth-order valence-corrected chi connectivity index (χ4v) is 6.28. The molecule has 7 rings (SSSR count). The van der Waals surface area contributed by atoms with Gasteiger partial charge in [0, 0.05) is 24.5 Å². The van der Waals surface area contributed by atoms with E-state index in [4.69, 9.17) is 9.32 Å². The van der Waals surface area contributed by atoms with Gasteiger partial charge in [-0.15, -0.1) is 0 Å². The third-order valence-corrected chi connectivity index (χ3v) is 8.51. The summed E-state index contributed by atoms with van der Waals surface area (Å²) in [6.07, 6.45) is 5.24. The third-order valence-electron chi connectivity index (χ3n) is 8.51. The zero-order valence-electron chi connectivity index (χ0n) is 26.8. The number of nitrogens with one attached hydrogen (secondary N) is 1. The minimum atomic E-state index is -1.11. The van der Waals surface area contributed by atoms with Crippen LogP contribution in [0, 0.1) is 23.0 Å². The average Bonchev–Trinajstić information content (AvgIpc) is 3.53. The molecule has 2 aromatic carbocycles. The molecule has 1 amide bonds. The molecule has 4 heterocycles. The number of carbonyl (C=O) groups is 2. The minimum Gasteiger partial charge on any atom is -0.544 e. The summed E-state index contributed by atoms with van der Waals surface area (Å²) in [5, 5.41) is 12.6. The molecular formula is C34H26ClF2N6NaO7. The van der Waals surface area contributed by atoms with E-state index in [1.807, 2.05) is 0 Å². The number of halogens is 3. The molecule has 0 aliphatic heterocycles. The Morgan fingerprint density at radius 2 is 1.65 bits per heavy atom. The second-order valence-corrected chi connectivity index (χ2v) is 11.6. The van der Waals surface area contributed by atoms with Crippen molar-refractivity contribution in [2.45, 2.75) is 37.8 Å². The molecule has 4 aromatic heterocycles. The zero-order valence-corrected chi connectivity index (χ0v) is 29.6. The van der Waals surface area contributed by atoms with Crippen LogP contribution in [0.25, 0.3) is 33.5 Å². The summed E-state index contributed by atoms with van der Waals surface area (Å²) in [5.41, 5.74) is 0.526. The van der Waals surface area contributed by atoms with Gasteiger partial charge >= 0.3 is 41.2 Å². The second kappa shape index (κ2) is 16.1. The molecule has 0 bridgehead atoms. The van der Waals surface area contributed by atoms with Gasteiger partial charge in [0.15, 0.2) is 5.65 Å². The Bertz CT molecular complexity index is 2380. The Balaban J connectivity index is 0.00000122. The van der Waals surface area contributed by atoms with E-state index in [0.29, 0.717) is 48.1 Å². The molecule has 1 saturated carbocycles. The van der Waals surface area contributed by atoms with Crippen LogP contribution in [0.5, 0.6) is 0 Å². The Morgan fingerprint density at radius 1 is 0.922 bits per heavy atom. The second-order valence-electron chi connectivity index (χ2n) is 11.5. The summed E-state index contributed by atoms with van der Waals surface area (Å²) in [6.45, 7) is 0. The summed E-state index contributed by atoms with van der Waals surface area (Å²) in [5.74, 6) is -2.73. The number of carbonyl (C=O) groups excluding carboxylic acids is 1. The Morgan fingerprint density at radius 3 is 2.37 bits per heavy atom. The monoisotopic (exact) mass is 726 g/mol. The standard InChI is InChI=1S/C34H26F2N6O5.ClO2.Na/c35-20-8-13-29-39-28(18-40(29)17-20)31(43)38-22-9-11-23(12-10-22)42-32(44)27-15-21(36)16-37-30(27)41(34(42)47)24-5-3-4-19(14-24)25-6-1-2-7-26(25)33(45)46;2-1-3;/h1-8,13-18,22-23H,9-12H2,(H,38,43)(H,45,46);;/q;-1;+1. The first-order valence-electron chi connectivity index (χ1n) is 15.2. The van der Waals surface area contributed by atoms with Gasteiger partial charge in [-0.25, -0.2) is 32.9 Å². The molecule has 6 aromatic rings. The van der Waals surface area contributed by atoms with Crippen LogP contribution in [0.15, 0.2) is 94.9 Å². The predicted octanol–water partition coefficient (Wildman–Crippen LogP) is -0.622. The number of carboxylic acids is 1. The van der Waals surface area contributed by atoms with Gasteiger partial charge < -0.3 is 24.1 Å². The van der Waals surface area contributed by atoms with Crippen LogP contribution in [0.3, 0.4) is 0 Å². The number of hydrogen-bond acceptors (Lipinski definition) is 8. The molecule has 2 N–H and O–H groups in total. The van der Waals surface area contributed by atoms with Gasteiger partial charge in [0.1, 0.15) is 23.0 Å².